The lowest BCUT2D eigenvalue weighted by atomic mass is 10.4. The Morgan fingerprint density at radius 3 is 2.86 bits per heavy atom. The molecule has 0 bridgehead atoms. The van der Waals surface area contributed by atoms with E-state index >= 15 is 0 Å². The van der Waals surface area contributed by atoms with Crippen molar-refractivity contribution in [3.05, 3.63) is 22.4 Å². The Labute approximate surface area is 127 Å². The molecule has 2 heterocycles. The van der Waals surface area contributed by atoms with Crippen LogP contribution < -0.4 is 11.0 Å². The van der Waals surface area contributed by atoms with Crippen LogP contribution in [0.1, 0.15) is 39.1 Å². The van der Waals surface area contributed by atoms with Gasteiger partial charge in [-0.25, -0.2) is 19.9 Å². The van der Waals surface area contributed by atoms with Crippen molar-refractivity contribution < 1.29 is 0 Å². The monoisotopic (exact) mass is 308 g/mol. The van der Waals surface area contributed by atoms with Gasteiger partial charge in [-0.1, -0.05) is 6.92 Å². The maximum Gasteiger partial charge on any atom is 0.344 e. The van der Waals surface area contributed by atoms with E-state index in [1.807, 2.05) is 26.8 Å². The molecule has 0 spiro atoms. The fraction of sp³-hybridized carbons (Fsp3) is 0.538. The van der Waals surface area contributed by atoms with Gasteiger partial charge in [0.15, 0.2) is 5.16 Å². The van der Waals surface area contributed by atoms with Crippen molar-refractivity contribution in [1.29, 1.82) is 0 Å². The number of anilines is 1. The van der Waals surface area contributed by atoms with Gasteiger partial charge < -0.3 is 5.32 Å². The second-order valence-electron chi connectivity index (χ2n) is 4.94. The summed E-state index contributed by atoms with van der Waals surface area (Å²) in [6.45, 7) is 8.70. The number of hydrogen-bond acceptors (Lipinski definition) is 6. The molecule has 0 aromatic carbocycles. The summed E-state index contributed by atoms with van der Waals surface area (Å²) in [5.74, 6) is 1.48. The summed E-state index contributed by atoms with van der Waals surface area (Å²) in [6.07, 6.45) is 1.03. The van der Waals surface area contributed by atoms with Gasteiger partial charge in [0, 0.05) is 18.7 Å². The lowest BCUT2D eigenvalue weighted by Crippen LogP contribution is -2.19. The van der Waals surface area contributed by atoms with Gasteiger partial charge >= 0.3 is 5.69 Å². The van der Waals surface area contributed by atoms with Crippen molar-refractivity contribution in [3.8, 4) is 0 Å². The van der Waals surface area contributed by atoms with E-state index in [0.29, 0.717) is 11.0 Å². The van der Waals surface area contributed by atoms with Crippen LogP contribution in [0.3, 0.4) is 0 Å². The zero-order valence-electron chi connectivity index (χ0n) is 12.7. The van der Waals surface area contributed by atoms with Crippen LogP contribution in [0.5, 0.6) is 0 Å². The van der Waals surface area contributed by atoms with Crippen LogP contribution in [-0.4, -0.2) is 31.3 Å². The Kier molecular flexibility index (Phi) is 5.00. The highest BCUT2D eigenvalue weighted by Crippen LogP contribution is 2.26. The number of rotatable bonds is 6. The first kappa shape index (κ1) is 15.6. The van der Waals surface area contributed by atoms with Crippen LogP contribution in [0.15, 0.2) is 21.0 Å². The van der Waals surface area contributed by atoms with Crippen molar-refractivity contribution in [2.24, 2.45) is 0 Å². The van der Waals surface area contributed by atoms with E-state index in [1.54, 1.807) is 4.57 Å². The summed E-state index contributed by atoms with van der Waals surface area (Å²) in [4.78, 5) is 20.5. The molecule has 0 aliphatic rings. The molecule has 7 nitrogen and oxygen atoms in total. The van der Waals surface area contributed by atoms with Crippen molar-refractivity contribution in [3.63, 3.8) is 0 Å². The Morgan fingerprint density at radius 1 is 1.43 bits per heavy atom. The molecular weight excluding hydrogens is 288 g/mol. The minimum Gasteiger partial charge on any atom is -0.370 e. The SMILES string of the molecule is CCCNc1cc(Sc2n[nH]c(=O)n2C(C)C)nc(C)n1. The summed E-state index contributed by atoms with van der Waals surface area (Å²) in [5.41, 5.74) is -0.206. The molecule has 0 amide bonds. The quantitative estimate of drug-likeness (QED) is 0.796. The molecule has 2 N–H and O–H groups in total. The summed E-state index contributed by atoms with van der Waals surface area (Å²) in [6, 6.07) is 1.91. The first-order chi connectivity index (χ1) is 10.0. The predicted molar refractivity (Wildman–Crippen MR) is 82.9 cm³/mol. The van der Waals surface area contributed by atoms with Gasteiger partial charge in [0.25, 0.3) is 0 Å². The molecular formula is C13H20N6OS. The maximum atomic E-state index is 11.7. The number of hydrogen-bond donors (Lipinski definition) is 2. The molecule has 0 aliphatic carbocycles. The number of aromatic amines is 1. The highest BCUT2D eigenvalue weighted by Gasteiger charge is 2.14. The minimum absolute atomic E-state index is 0.0411. The fourth-order valence-electron chi connectivity index (χ4n) is 1.85. The van der Waals surface area contributed by atoms with Crippen LogP contribution in [-0.2, 0) is 0 Å². The first-order valence-corrected chi connectivity index (χ1v) is 7.77. The number of H-pyrrole nitrogens is 1. The van der Waals surface area contributed by atoms with Crippen LogP contribution >= 0.6 is 11.8 Å². The van der Waals surface area contributed by atoms with E-state index in [-0.39, 0.29) is 11.7 Å². The smallest absolute Gasteiger partial charge is 0.344 e. The zero-order valence-corrected chi connectivity index (χ0v) is 13.5. The minimum atomic E-state index is -0.206. The molecule has 114 valence electrons. The highest BCUT2D eigenvalue weighted by molar-refractivity contribution is 7.99. The highest BCUT2D eigenvalue weighted by atomic mass is 32.2. The molecule has 0 saturated carbocycles. The standard InChI is InChI=1S/C13H20N6OS/c1-5-6-14-10-7-11(16-9(4)15-10)21-13-18-17-12(20)19(13)8(2)3/h7-8H,5-6H2,1-4H3,(H,17,20)(H,14,15,16). The molecule has 0 unspecified atom stereocenters. The van der Waals surface area contributed by atoms with Gasteiger partial charge in [0.2, 0.25) is 0 Å². The molecule has 21 heavy (non-hydrogen) atoms. The van der Waals surface area contributed by atoms with Crippen LogP contribution in [0.4, 0.5) is 5.82 Å². The molecule has 0 atom stereocenters. The number of aromatic nitrogens is 5. The summed E-state index contributed by atoms with van der Waals surface area (Å²) < 4.78 is 1.61. The normalized spacial score (nSPS) is 11.1. The van der Waals surface area contributed by atoms with Crippen molar-refractivity contribution in [2.45, 2.75) is 50.3 Å². The molecule has 2 rings (SSSR count). The molecule has 8 heteroatoms. The summed E-state index contributed by atoms with van der Waals surface area (Å²) in [7, 11) is 0. The summed E-state index contributed by atoms with van der Waals surface area (Å²) >= 11 is 1.35. The van der Waals surface area contributed by atoms with Crippen LogP contribution in [0, 0.1) is 6.92 Å². The molecule has 0 saturated heterocycles. The lowest BCUT2D eigenvalue weighted by Gasteiger charge is -2.09. The third-order valence-corrected chi connectivity index (χ3v) is 3.64. The number of aryl methyl sites for hydroxylation is 1. The van der Waals surface area contributed by atoms with Gasteiger partial charge in [0.05, 0.1) is 0 Å². The molecule has 0 fully saturated rings. The average molecular weight is 308 g/mol. The molecule has 0 aliphatic heterocycles. The predicted octanol–water partition coefficient (Wildman–Crippen LogP) is 2.22. The van der Waals surface area contributed by atoms with E-state index in [2.05, 4.69) is 32.4 Å². The van der Waals surface area contributed by atoms with Crippen molar-refractivity contribution in [1.82, 2.24) is 24.7 Å². The van der Waals surface area contributed by atoms with E-state index in [9.17, 15) is 4.79 Å². The Hall–Kier alpha value is -1.83. The van der Waals surface area contributed by atoms with Crippen molar-refractivity contribution in [2.75, 3.05) is 11.9 Å². The third kappa shape index (κ3) is 3.84. The third-order valence-electron chi connectivity index (χ3n) is 2.75. The van der Waals surface area contributed by atoms with Gasteiger partial charge in [0.1, 0.15) is 16.7 Å². The zero-order chi connectivity index (χ0) is 15.4. The second kappa shape index (κ2) is 6.75. The Bertz CT molecular complexity index is 663. The van der Waals surface area contributed by atoms with Crippen LogP contribution in [0.25, 0.3) is 0 Å². The Balaban J connectivity index is 2.27. The summed E-state index contributed by atoms with van der Waals surface area (Å²) in [5, 5.41) is 11.2. The van der Waals surface area contributed by atoms with Gasteiger partial charge in [-0.3, -0.25) is 4.57 Å². The van der Waals surface area contributed by atoms with Gasteiger partial charge in [-0.2, -0.15) is 0 Å². The van der Waals surface area contributed by atoms with Crippen molar-refractivity contribution >= 4 is 17.6 Å². The van der Waals surface area contributed by atoms with E-state index in [1.165, 1.54) is 11.8 Å². The van der Waals surface area contributed by atoms with E-state index in [4.69, 9.17) is 0 Å². The van der Waals surface area contributed by atoms with E-state index < -0.39 is 0 Å². The van der Waals surface area contributed by atoms with E-state index in [0.717, 1.165) is 23.8 Å². The number of nitrogens with one attached hydrogen (secondary N) is 2. The topological polar surface area (TPSA) is 88.5 Å². The second-order valence-corrected chi connectivity index (χ2v) is 5.93. The largest absolute Gasteiger partial charge is 0.370 e. The van der Waals surface area contributed by atoms with Crippen LogP contribution in [0.2, 0.25) is 0 Å². The molecule has 2 aromatic rings. The van der Waals surface area contributed by atoms with Gasteiger partial charge in [-0.05, 0) is 39.0 Å². The Morgan fingerprint density at radius 2 is 2.19 bits per heavy atom. The average Bonchev–Trinajstić information content (AvgIpc) is 2.76. The maximum absolute atomic E-state index is 11.7. The van der Waals surface area contributed by atoms with Gasteiger partial charge in [-0.15, -0.1) is 5.10 Å². The molecule has 0 radical (unpaired) electrons. The number of nitrogens with zero attached hydrogens (tertiary/aromatic N) is 4. The fourth-order valence-corrected chi connectivity index (χ4v) is 2.87. The molecule has 2 aromatic heterocycles. The lowest BCUT2D eigenvalue weighted by molar-refractivity contribution is 0.534. The first-order valence-electron chi connectivity index (χ1n) is 6.95.